The molecule has 0 amide bonds. The molecule has 3 aliphatic rings. The molecule has 3 saturated heterocycles. The molecule has 6 nitrogen and oxygen atoms in total. The Hall–Kier alpha value is -2.44. The van der Waals surface area contributed by atoms with E-state index in [4.69, 9.17) is 18.9 Å². The van der Waals surface area contributed by atoms with E-state index in [0.29, 0.717) is 25.3 Å². The second kappa shape index (κ2) is 8.83. The van der Waals surface area contributed by atoms with Crippen LogP contribution >= 0.6 is 0 Å². The molecule has 3 aliphatic heterocycles. The summed E-state index contributed by atoms with van der Waals surface area (Å²) in [5.74, 6) is 1.85. The third-order valence-electron chi connectivity index (χ3n) is 6.62. The number of anilines is 2. The molecule has 5 rings (SSSR count). The number of hydrogen-bond acceptors (Lipinski definition) is 6. The van der Waals surface area contributed by atoms with Crippen molar-refractivity contribution in [3.05, 3.63) is 47.5 Å². The van der Waals surface area contributed by atoms with Crippen LogP contribution in [0.15, 0.2) is 36.4 Å². The monoisotopic (exact) mass is 438 g/mol. The Bertz CT molecular complexity index is 879. The zero-order valence-electron chi connectivity index (χ0n) is 19.5. The summed E-state index contributed by atoms with van der Waals surface area (Å²) in [6.45, 7) is 13.9. The van der Waals surface area contributed by atoms with Crippen LogP contribution in [0.1, 0.15) is 25.0 Å². The van der Waals surface area contributed by atoms with Gasteiger partial charge in [0, 0.05) is 36.5 Å². The molecule has 0 radical (unpaired) electrons. The Kier molecular flexibility index (Phi) is 5.91. The van der Waals surface area contributed by atoms with E-state index in [1.807, 2.05) is 0 Å². The van der Waals surface area contributed by atoms with Crippen molar-refractivity contribution in [2.75, 3.05) is 49.3 Å². The van der Waals surface area contributed by atoms with Crippen LogP contribution in [0.4, 0.5) is 11.4 Å². The highest BCUT2D eigenvalue weighted by atomic mass is 16.6. The molecule has 0 aromatic heterocycles. The third-order valence-corrected chi connectivity index (χ3v) is 6.62. The SMILES string of the molecule is Cc1cc(OCC2CO2)ccc1N1CC(C)N(c2ccc(OCC3CO3)cc2C)CC1C. The van der Waals surface area contributed by atoms with E-state index >= 15 is 0 Å². The van der Waals surface area contributed by atoms with Crippen LogP contribution in [0.5, 0.6) is 11.5 Å². The minimum absolute atomic E-state index is 0.278. The van der Waals surface area contributed by atoms with E-state index in [2.05, 4.69) is 73.9 Å². The molecule has 3 heterocycles. The Balaban J connectivity index is 1.25. The van der Waals surface area contributed by atoms with Crippen molar-refractivity contribution in [1.82, 2.24) is 0 Å². The normalized spacial score (nSPS) is 26.8. The van der Waals surface area contributed by atoms with Crippen molar-refractivity contribution in [2.45, 2.75) is 52.0 Å². The van der Waals surface area contributed by atoms with Gasteiger partial charge in [-0.25, -0.2) is 0 Å². The Morgan fingerprint density at radius 1 is 0.750 bits per heavy atom. The van der Waals surface area contributed by atoms with Crippen LogP contribution in [0.2, 0.25) is 0 Å². The number of epoxide rings is 2. The highest BCUT2D eigenvalue weighted by Crippen LogP contribution is 2.33. The number of aryl methyl sites for hydroxylation is 2. The summed E-state index contributed by atoms with van der Waals surface area (Å²) in [6.07, 6.45) is 0.556. The van der Waals surface area contributed by atoms with Gasteiger partial charge in [0.25, 0.3) is 0 Å². The number of rotatable bonds is 8. The fourth-order valence-corrected chi connectivity index (χ4v) is 4.58. The second-order valence-electron chi connectivity index (χ2n) is 9.43. The smallest absolute Gasteiger partial charge is 0.119 e. The molecule has 172 valence electrons. The summed E-state index contributed by atoms with van der Waals surface area (Å²) in [5, 5.41) is 0. The van der Waals surface area contributed by atoms with Crippen LogP contribution in [0, 0.1) is 13.8 Å². The maximum atomic E-state index is 5.86. The van der Waals surface area contributed by atoms with Gasteiger partial charge in [0.05, 0.1) is 13.2 Å². The lowest BCUT2D eigenvalue weighted by atomic mass is 10.0. The van der Waals surface area contributed by atoms with Crippen molar-refractivity contribution >= 4 is 11.4 Å². The quantitative estimate of drug-likeness (QED) is 0.582. The average Bonchev–Trinajstić information content (AvgIpc) is 3.68. The number of benzene rings is 2. The molecule has 0 aliphatic carbocycles. The molecular weight excluding hydrogens is 404 g/mol. The van der Waals surface area contributed by atoms with Crippen molar-refractivity contribution in [2.24, 2.45) is 0 Å². The molecule has 0 spiro atoms. The molecule has 4 unspecified atom stereocenters. The van der Waals surface area contributed by atoms with Gasteiger partial charge in [0.2, 0.25) is 0 Å². The number of piperazine rings is 1. The van der Waals surface area contributed by atoms with E-state index in [1.54, 1.807) is 0 Å². The van der Waals surface area contributed by atoms with E-state index < -0.39 is 0 Å². The van der Waals surface area contributed by atoms with Gasteiger partial charge in [-0.05, 0) is 75.2 Å². The first-order valence-electron chi connectivity index (χ1n) is 11.7. The van der Waals surface area contributed by atoms with Crippen LogP contribution in [-0.2, 0) is 9.47 Å². The molecule has 2 aromatic carbocycles. The molecule has 0 bridgehead atoms. The standard InChI is InChI=1S/C26H34N2O4/c1-17-9-21(29-13-23-15-31-23)5-7-25(17)27-11-20(4)28(12-19(27)3)26-8-6-22(10-18(26)2)30-14-24-16-32-24/h5-10,19-20,23-24H,11-16H2,1-4H3. The van der Waals surface area contributed by atoms with Crippen LogP contribution in [0.25, 0.3) is 0 Å². The second-order valence-corrected chi connectivity index (χ2v) is 9.43. The van der Waals surface area contributed by atoms with Gasteiger partial charge in [-0.15, -0.1) is 0 Å². The van der Waals surface area contributed by atoms with E-state index in [1.165, 1.54) is 22.5 Å². The summed E-state index contributed by atoms with van der Waals surface area (Å²) in [7, 11) is 0. The van der Waals surface area contributed by atoms with E-state index in [9.17, 15) is 0 Å². The van der Waals surface area contributed by atoms with Gasteiger partial charge in [0.15, 0.2) is 0 Å². The fraction of sp³-hybridized carbons (Fsp3) is 0.538. The van der Waals surface area contributed by atoms with Gasteiger partial charge in [-0.2, -0.15) is 0 Å². The Morgan fingerprint density at radius 2 is 1.16 bits per heavy atom. The zero-order valence-corrected chi connectivity index (χ0v) is 19.5. The summed E-state index contributed by atoms with van der Waals surface area (Å²) in [4.78, 5) is 5.07. The lowest BCUT2D eigenvalue weighted by molar-refractivity contribution is 0.263. The van der Waals surface area contributed by atoms with Crippen molar-refractivity contribution in [1.29, 1.82) is 0 Å². The van der Waals surface area contributed by atoms with Crippen LogP contribution < -0.4 is 19.3 Å². The highest BCUT2D eigenvalue weighted by Gasteiger charge is 2.31. The molecule has 6 heteroatoms. The summed E-state index contributed by atoms with van der Waals surface area (Å²) < 4.78 is 22.2. The minimum Gasteiger partial charge on any atom is -0.491 e. The molecule has 32 heavy (non-hydrogen) atoms. The van der Waals surface area contributed by atoms with Gasteiger partial charge < -0.3 is 28.7 Å². The van der Waals surface area contributed by atoms with Crippen molar-refractivity contribution < 1.29 is 18.9 Å². The predicted octanol–water partition coefficient (Wildman–Crippen LogP) is 3.96. The van der Waals surface area contributed by atoms with Gasteiger partial charge in [0.1, 0.15) is 36.9 Å². The van der Waals surface area contributed by atoms with E-state index in [0.717, 1.165) is 37.8 Å². The topological polar surface area (TPSA) is 50.0 Å². The maximum absolute atomic E-state index is 5.86. The van der Waals surface area contributed by atoms with Gasteiger partial charge in [-0.3, -0.25) is 0 Å². The summed E-state index contributed by atoms with van der Waals surface area (Å²) in [5.41, 5.74) is 5.09. The molecule has 2 aromatic rings. The van der Waals surface area contributed by atoms with Crippen molar-refractivity contribution in [3.63, 3.8) is 0 Å². The first-order chi connectivity index (χ1) is 15.5. The number of hydrogen-bond donors (Lipinski definition) is 0. The zero-order chi connectivity index (χ0) is 22.2. The molecule has 4 atom stereocenters. The van der Waals surface area contributed by atoms with Gasteiger partial charge in [-0.1, -0.05) is 0 Å². The highest BCUT2D eigenvalue weighted by molar-refractivity contribution is 5.61. The number of nitrogens with zero attached hydrogens (tertiary/aromatic N) is 2. The first kappa shape index (κ1) is 21.4. The Morgan fingerprint density at radius 3 is 1.50 bits per heavy atom. The largest absolute Gasteiger partial charge is 0.491 e. The molecule has 0 saturated carbocycles. The summed E-state index contributed by atoms with van der Waals surface area (Å²) in [6, 6.07) is 13.7. The first-order valence-corrected chi connectivity index (χ1v) is 11.7. The molecular formula is C26H34N2O4. The Labute approximate surface area is 191 Å². The lowest BCUT2D eigenvalue weighted by Gasteiger charge is -2.47. The number of ether oxygens (including phenoxy) is 4. The predicted molar refractivity (Wildman–Crippen MR) is 126 cm³/mol. The van der Waals surface area contributed by atoms with E-state index in [-0.39, 0.29) is 12.2 Å². The van der Waals surface area contributed by atoms with Crippen LogP contribution in [0.3, 0.4) is 0 Å². The van der Waals surface area contributed by atoms with Gasteiger partial charge >= 0.3 is 0 Å². The van der Waals surface area contributed by atoms with Crippen molar-refractivity contribution in [3.8, 4) is 11.5 Å². The van der Waals surface area contributed by atoms with Crippen LogP contribution in [-0.4, -0.2) is 63.8 Å². The third kappa shape index (κ3) is 4.81. The lowest BCUT2D eigenvalue weighted by Crippen LogP contribution is -2.57. The minimum atomic E-state index is 0.278. The molecule has 3 fully saturated rings. The fourth-order valence-electron chi connectivity index (χ4n) is 4.58. The molecule has 0 N–H and O–H groups in total. The maximum Gasteiger partial charge on any atom is 0.119 e. The summed E-state index contributed by atoms with van der Waals surface area (Å²) >= 11 is 0. The average molecular weight is 439 g/mol.